The topological polar surface area (TPSA) is 45.5 Å². The number of fused-ring (bicyclic) bond motifs is 2. The third-order valence-electron chi connectivity index (χ3n) is 4.77. The summed E-state index contributed by atoms with van der Waals surface area (Å²) in [6.45, 7) is 6.34. The van der Waals surface area contributed by atoms with E-state index < -0.39 is 0 Å². The van der Waals surface area contributed by atoms with Crippen molar-refractivity contribution >= 4 is 5.65 Å². The fourth-order valence-electron chi connectivity index (χ4n) is 3.47. The minimum Gasteiger partial charge on any atom is -0.307 e. The third kappa shape index (κ3) is 3.18. The first kappa shape index (κ1) is 15.3. The van der Waals surface area contributed by atoms with E-state index in [0.717, 1.165) is 38.2 Å². The van der Waals surface area contributed by atoms with E-state index in [2.05, 4.69) is 55.8 Å². The number of rotatable bonds is 5. The summed E-state index contributed by atoms with van der Waals surface area (Å²) in [7, 11) is 0. The van der Waals surface area contributed by atoms with Gasteiger partial charge < -0.3 is 5.32 Å². The molecule has 0 amide bonds. The monoisotopic (exact) mass is 321 g/mol. The van der Waals surface area contributed by atoms with Gasteiger partial charge in [0, 0.05) is 44.6 Å². The first-order chi connectivity index (χ1) is 11.8. The zero-order valence-corrected chi connectivity index (χ0v) is 14.0. The van der Waals surface area contributed by atoms with Gasteiger partial charge in [-0.05, 0) is 24.5 Å². The van der Waals surface area contributed by atoms with E-state index in [9.17, 15) is 0 Å². The average Bonchev–Trinajstić information content (AvgIpc) is 3.03. The lowest BCUT2D eigenvalue weighted by atomic mass is 10.00. The average molecular weight is 321 g/mol. The fraction of sp³-hybridized carbons (Fsp3) is 0.368. The predicted octanol–water partition coefficient (Wildman–Crippen LogP) is 2.27. The normalized spacial score (nSPS) is 16.2. The lowest BCUT2D eigenvalue weighted by molar-refractivity contribution is 0.229. The van der Waals surface area contributed by atoms with Crippen LogP contribution in [0, 0.1) is 0 Å². The summed E-state index contributed by atoms with van der Waals surface area (Å²) in [4.78, 5) is 11.0. The van der Waals surface area contributed by atoms with Gasteiger partial charge in [0.1, 0.15) is 0 Å². The number of aromatic nitrogens is 3. The summed E-state index contributed by atoms with van der Waals surface area (Å²) in [5.41, 5.74) is 5.05. The second-order valence-corrected chi connectivity index (χ2v) is 6.59. The highest BCUT2D eigenvalue weighted by atomic mass is 15.2. The van der Waals surface area contributed by atoms with Gasteiger partial charge in [0.05, 0.1) is 18.1 Å². The minimum absolute atomic E-state index is 0.433. The van der Waals surface area contributed by atoms with Gasteiger partial charge in [-0.1, -0.05) is 24.3 Å². The van der Waals surface area contributed by atoms with Crippen LogP contribution in [-0.2, 0) is 19.5 Å². The van der Waals surface area contributed by atoms with Crippen molar-refractivity contribution < 1.29 is 0 Å². The number of hydrogen-bond acceptors (Lipinski definition) is 4. The van der Waals surface area contributed by atoms with Gasteiger partial charge in [0.25, 0.3) is 0 Å². The van der Waals surface area contributed by atoms with Crippen molar-refractivity contribution in [3.05, 3.63) is 65.9 Å². The molecule has 1 aromatic carbocycles. The van der Waals surface area contributed by atoms with Crippen LogP contribution >= 0.6 is 0 Å². The molecule has 0 saturated heterocycles. The van der Waals surface area contributed by atoms with E-state index in [1.165, 1.54) is 16.8 Å². The lowest BCUT2D eigenvalue weighted by Gasteiger charge is -2.31. The van der Waals surface area contributed by atoms with Crippen LogP contribution in [0.4, 0.5) is 0 Å². The van der Waals surface area contributed by atoms with Crippen molar-refractivity contribution in [2.45, 2.75) is 32.5 Å². The molecule has 0 unspecified atom stereocenters. The molecule has 0 bridgehead atoms. The van der Waals surface area contributed by atoms with E-state index in [4.69, 9.17) is 0 Å². The molecular formula is C19H23N5. The van der Waals surface area contributed by atoms with Gasteiger partial charge in [0.15, 0.2) is 5.65 Å². The smallest absolute Gasteiger partial charge is 0.155 e. The van der Waals surface area contributed by atoms with E-state index >= 15 is 0 Å². The first-order valence-corrected chi connectivity index (χ1v) is 8.58. The van der Waals surface area contributed by atoms with Crippen LogP contribution in [0.5, 0.6) is 0 Å². The molecule has 0 saturated carbocycles. The highest BCUT2D eigenvalue weighted by molar-refractivity contribution is 5.36. The maximum Gasteiger partial charge on any atom is 0.155 e. The molecule has 2 aromatic heterocycles. The molecule has 3 aromatic rings. The molecule has 1 aliphatic heterocycles. The van der Waals surface area contributed by atoms with Crippen molar-refractivity contribution in [1.82, 2.24) is 24.6 Å². The molecular weight excluding hydrogens is 298 g/mol. The molecule has 124 valence electrons. The number of nitrogens with one attached hydrogen (secondary N) is 1. The van der Waals surface area contributed by atoms with E-state index in [-0.39, 0.29) is 0 Å². The van der Waals surface area contributed by atoms with Crippen molar-refractivity contribution in [3.8, 4) is 0 Å². The second-order valence-electron chi connectivity index (χ2n) is 6.59. The number of benzene rings is 1. The van der Waals surface area contributed by atoms with Crippen LogP contribution in [0.15, 0.2) is 49.1 Å². The highest BCUT2D eigenvalue weighted by Gasteiger charge is 2.17. The van der Waals surface area contributed by atoms with Crippen LogP contribution in [0.25, 0.3) is 5.65 Å². The third-order valence-corrected chi connectivity index (χ3v) is 4.77. The molecule has 4 rings (SSSR count). The van der Waals surface area contributed by atoms with Crippen LogP contribution in [0.3, 0.4) is 0 Å². The maximum atomic E-state index is 4.39. The maximum absolute atomic E-state index is 4.39. The summed E-state index contributed by atoms with van der Waals surface area (Å²) in [6.07, 6.45) is 8.63. The Labute approximate surface area is 142 Å². The zero-order valence-electron chi connectivity index (χ0n) is 14.0. The summed E-state index contributed by atoms with van der Waals surface area (Å²) in [6, 6.07) is 9.23. The Morgan fingerprint density at radius 3 is 3.00 bits per heavy atom. The highest BCUT2D eigenvalue weighted by Crippen LogP contribution is 2.18. The lowest BCUT2D eigenvalue weighted by Crippen LogP contribution is -2.41. The van der Waals surface area contributed by atoms with Gasteiger partial charge in [-0.2, -0.15) is 0 Å². The molecule has 1 aliphatic rings. The van der Waals surface area contributed by atoms with Gasteiger partial charge >= 0.3 is 0 Å². The number of nitrogens with zero attached hydrogens (tertiary/aromatic N) is 4. The zero-order chi connectivity index (χ0) is 16.4. The minimum atomic E-state index is 0.433. The van der Waals surface area contributed by atoms with Gasteiger partial charge in [-0.15, -0.1) is 0 Å². The molecule has 0 fully saturated rings. The Bertz CT molecular complexity index is 825. The van der Waals surface area contributed by atoms with Gasteiger partial charge in [0.2, 0.25) is 0 Å². The van der Waals surface area contributed by atoms with Crippen molar-refractivity contribution in [2.24, 2.45) is 0 Å². The SMILES string of the molecule is C[C@H](CN1CCc2ccccc2C1)NCc1cnc2cnccn12. The van der Waals surface area contributed by atoms with E-state index in [1.807, 2.05) is 12.4 Å². The van der Waals surface area contributed by atoms with Crippen LogP contribution in [-0.4, -0.2) is 38.4 Å². The molecule has 0 aliphatic carbocycles. The van der Waals surface area contributed by atoms with E-state index in [1.54, 1.807) is 12.4 Å². The van der Waals surface area contributed by atoms with Crippen LogP contribution < -0.4 is 5.32 Å². The Kier molecular flexibility index (Phi) is 4.28. The van der Waals surface area contributed by atoms with Crippen molar-refractivity contribution in [3.63, 3.8) is 0 Å². The molecule has 0 radical (unpaired) electrons. The summed E-state index contributed by atoms with van der Waals surface area (Å²) in [5, 5.41) is 3.63. The molecule has 24 heavy (non-hydrogen) atoms. The van der Waals surface area contributed by atoms with Crippen molar-refractivity contribution in [1.29, 1.82) is 0 Å². The Balaban J connectivity index is 1.33. The van der Waals surface area contributed by atoms with E-state index in [0.29, 0.717) is 6.04 Å². The number of imidazole rings is 1. The largest absolute Gasteiger partial charge is 0.307 e. The van der Waals surface area contributed by atoms with Gasteiger partial charge in [-0.3, -0.25) is 14.3 Å². The van der Waals surface area contributed by atoms with Crippen LogP contribution in [0.1, 0.15) is 23.7 Å². The molecule has 5 heteroatoms. The standard InChI is InChI=1S/C19H23N5/c1-15(13-23-8-6-16-4-2-3-5-17(16)14-23)21-10-18-11-22-19-12-20-7-9-24(18)19/h2-5,7,9,11-12,15,21H,6,8,10,13-14H2,1H3/t15-/m1/s1. The molecule has 3 heterocycles. The fourth-order valence-corrected chi connectivity index (χ4v) is 3.47. The van der Waals surface area contributed by atoms with Crippen LogP contribution in [0.2, 0.25) is 0 Å². The molecule has 0 spiro atoms. The quantitative estimate of drug-likeness (QED) is 0.783. The number of hydrogen-bond donors (Lipinski definition) is 1. The Hall–Kier alpha value is -2.24. The summed E-state index contributed by atoms with van der Waals surface area (Å²) >= 11 is 0. The second kappa shape index (κ2) is 6.71. The van der Waals surface area contributed by atoms with Crippen molar-refractivity contribution in [2.75, 3.05) is 13.1 Å². The molecule has 5 nitrogen and oxygen atoms in total. The molecule has 1 N–H and O–H groups in total. The first-order valence-electron chi connectivity index (χ1n) is 8.58. The Morgan fingerprint density at radius 2 is 2.08 bits per heavy atom. The summed E-state index contributed by atoms with van der Waals surface area (Å²) in [5.74, 6) is 0. The predicted molar refractivity (Wildman–Crippen MR) is 94.7 cm³/mol. The Morgan fingerprint density at radius 1 is 1.21 bits per heavy atom. The molecule has 1 atom stereocenters. The van der Waals surface area contributed by atoms with Gasteiger partial charge in [-0.25, -0.2) is 4.98 Å². The summed E-state index contributed by atoms with van der Waals surface area (Å²) < 4.78 is 2.09.